The lowest BCUT2D eigenvalue weighted by Crippen LogP contribution is -2.40. The fourth-order valence-electron chi connectivity index (χ4n) is 3.96. The minimum absolute atomic E-state index is 0.0390. The molecule has 4 rings (SSSR count). The molecule has 0 bridgehead atoms. The van der Waals surface area contributed by atoms with Crippen molar-refractivity contribution in [3.05, 3.63) is 58.1 Å². The lowest BCUT2D eigenvalue weighted by atomic mass is 9.99. The summed E-state index contributed by atoms with van der Waals surface area (Å²) in [7, 11) is 0. The maximum absolute atomic E-state index is 12.6. The Labute approximate surface area is 174 Å². The lowest BCUT2D eigenvalue weighted by molar-refractivity contribution is -0.384. The number of benzene rings is 2. The molecule has 1 amide bonds. The first-order valence-corrected chi connectivity index (χ1v) is 10.2. The van der Waals surface area contributed by atoms with Gasteiger partial charge in [0.25, 0.3) is 11.6 Å². The number of nitro groups is 1. The van der Waals surface area contributed by atoms with Gasteiger partial charge in [-0.1, -0.05) is 19.1 Å². The average Bonchev–Trinajstić information content (AvgIpc) is 2.77. The summed E-state index contributed by atoms with van der Waals surface area (Å²) in [6.07, 6.45) is 1.81. The van der Waals surface area contributed by atoms with Crippen molar-refractivity contribution in [2.24, 2.45) is 5.92 Å². The molecular formula is C22H25N3O5. The van der Waals surface area contributed by atoms with E-state index in [0.717, 1.165) is 25.9 Å². The van der Waals surface area contributed by atoms with E-state index in [1.54, 1.807) is 12.1 Å². The topological polar surface area (TPSA) is 93.9 Å². The van der Waals surface area contributed by atoms with Crippen LogP contribution in [0.3, 0.4) is 0 Å². The zero-order valence-electron chi connectivity index (χ0n) is 16.9. The molecule has 8 heteroatoms. The van der Waals surface area contributed by atoms with E-state index in [2.05, 4.69) is 12.2 Å². The monoisotopic (exact) mass is 411 g/mol. The van der Waals surface area contributed by atoms with Crippen LogP contribution in [0.1, 0.15) is 30.1 Å². The Bertz CT molecular complexity index is 948. The van der Waals surface area contributed by atoms with Crippen LogP contribution in [0.4, 0.5) is 11.4 Å². The smallest absolute Gasteiger partial charge is 0.293 e. The van der Waals surface area contributed by atoms with Crippen LogP contribution in [0.25, 0.3) is 0 Å². The molecule has 2 aromatic rings. The third kappa shape index (κ3) is 4.32. The van der Waals surface area contributed by atoms with Gasteiger partial charge in [-0.15, -0.1) is 0 Å². The molecule has 0 radical (unpaired) electrons. The molecular weight excluding hydrogens is 386 g/mol. The number of carbonyl (C=O) groups is 1. The number of hydrogen-bond acceptors (Lipinski definition) is 6. The van der Waals surface area contributed by atoms with E-state index in [1.807, 2.05) is 29.2 Å². The number of nitrogens with one attached hydrogen (secondary N) is 1. The Morgan fingerprint density at radius 2 is 2.07 bits per heavy atom. The van der Waals surface area contributed by atoms with Crippen molar-refractivity contribution in [1.82, 2.24) is 5.32 Å². The summed E-state index contributed by atoms with van der Waals surface area (Å²) in [6, 6.07) is 12.0. The van der Waals surface area contributed by atoms with E-state index in [4.69, 9.17) is 9.47 Å². The molecule has 2 aliphatic rings. The minimum Gasteiger partial charge on any atom is -0.486 e. The van der Waals surface area contributed by atoms with Crippen LogP contribution in [0.5, 0.6) is 11.5 Å². The van der Waals surface area contributed by atoms with E-state index in [0.29, 0.717) is 29.7 Å². The quantitative estimate of drug-likeness (QED) is 0.599. The highest BCUT2D eigenvalue weighted by atomic mass is 16.6. The second-order valence-corrected chi connectivity index (χ2v) is 7.86. The Morgan fingerprint density at radius 3 is 2.83 bits per heavy atom. The van der Waals surface area contributed by atoms with Gasteiger partial charge in [-0.3, -0.25) is 14.9 Å². The van der Waals surface area contributed by atoms with E-state index in [1.165, 1.54) is 6.07 Å². The third-order valence-corrected chi connectivity index (χ3v) is 5.49. The zero-order chi connectivity index (χ0) is 21.1. The number of piperidine rings is 1. The summed E-state index contributed by atoms with van der Waals surface area (Å²) in [5.41, 5.74) is 0.791. The molecule has 0 saturated carbocycles. The number of ether oxygens (including phenoxy) is 2. The Morgan fingerprint density at radius 1 is 1.27 bits per heavy atom. The molecule has 1 saturated heterocycles. The molecule has 2 atom stereocenters. The van der Waals surface area contributed by atoms with Crippen LogP contribution >= 0.6 is 0 Å². The third-order valence-electron chi connectivity index (χ3n) is 5.49. The van der Waals surface area contributed by atoms with Gasteiger partial charge < -0.3 is 19.7 Å². The van der Waals surface area contributed by atoms with Gasteiger partial charge in [0.1, 0.15) is 18.4 Å². The number of nitrogens with zero attached hydrogens (tertiary/aromatic N) is 2. The van der Waals surface area contributed by atoms with Crippen LogP contribution in [-0.4, -0.2) is 43.2 Å². The first kappa shape index (κ1) is 20.0. The molecule has 0 unspecified atom stereocenters. The van der Waals surface area contributed by atoms with Crippen LogP contribution in [0, 0.1) is 16.0 Å². The lowest BCUT2D eigenvalue weighted by Gasteiger charge is -2.32. The standard InChI is InChI=1S/C22H25N3O5/c1-15-5-4-10-24(13-15)18-9-8-16(11-19(18)25(27)28)22(26)23-12-17-14-29-20-6-2-3-7-21(20)30-17/h2-3,6-9,11,15,17H,4-5,10,12-14H2,1H3,(H,23,26)/t15-,17+/m1/s1. The highest BCUT2D eigenvalue weighted by Crippen LogP contribution is 2.33. The second-order valence-electron chi connectivity index (χ2n) is 7.86. The van der Waals surface area contributed by atoms with E-state index in [9.17, 15) is 14.9 Å². The normalized spacial score (nSPS) is 20.5. The van der Waals surface area contributed by atoms with Gasteiger partial charge in [-0.25, -0.2) is 0 Å². The number of para-hydroxylation sites is 2. The predicted molar refractivity (Wildman–Crippen MR) is 112 cm³/mol. The molecule has 1 fully saturated rings. The largest absolute Gasteiger partial charge is 0.486 e. The summed E-state index contributed by atoms with van der Waals surface area (Å²) in [5, 5.41) is 14.4. The molecule has 2 heterocycles. The van der Waals surface area contributed by atoms with Gasteiger partial charge in [0, 0.05) is 24.7 Å². The highest BCUT2D eigenvalue weighted by Gasteiger charge is 2.26. The van der Waals surface area contributed by atoms with Crippen molar-refractivity contribution in [3.63, 3.8) is 0 Å². The number of carbonyl (C=O) groups excluding carboxylic acids is 1. The molecule has 0 aromatic heterocycles. The second kappa shape index (κ2) is 8.61. The fourth-order valence-corrected chi connectivity index (χ4v) is 3.96. The van der Waals surface area contributed by atoms with Crippen LogP contribution < -0.4 is 19.7 Å². The molecule has 30 heavy (non-hydrogen) atoms. The zero-order valence-corrected chi connectivity index (χ0v) is 16.9. The number of anilines is 1. The van der Waals surface area contributed by atoms with Crippen molar-refractivity contribution in [1.29, 1.82) is 0 Å². The van der Waals surface area contributed by atoms with Crippen molar-refractivity contribution < 1.29 is 19.2 Å². The number of hydrogen-bond donors (Lipinski definition) is 1. The van der Waals surface area contributed by atoms with Gasteiger partial charge >= 0.3 is 0 Å². The number of rotatable bonds is 5. The van der Waals surface area contributed by atoms with Gasteiger partial charge in [0.15, 0.2) is 11.5 Å². The van der Waals surface area contributed by atoms with Gasteiger partial charge in [-0.2, -0.15) is 0 Å². The first-order chi connectivity index (χ1) is 14.5. The number of fused-ring (bicyclic) bond motifs is 1. The summed E-state index contributed by atoms with van der Waals surface area (Å²) in [5.74, 6) is 1.43. The Hall–Kier alpha value is -3.29. The molecule has 1 N–H and O–H groups in total. The molecule has 0 spiro atoms. The number of nitro benzene ring substituents is 1. The summed E-state index contributed by atoms with van der Waals surface area (Å²) in [4.78, 5) is 25.9. The van der Waals surface area contributed by atoms with E-state index < -0.39 is 4.92 Å². The SMILES string of the molecule is C[C@@H]1CCCN(c2ccc(C(=O)NC[C@H]3COc4ccccc4O3)cc2[N+](=O)[O-])C1. The maximum atomic E-state index is 12.6. The summed E-state index contributed by atoms with van der Waals surface area (Å²) < 4.78 is 11.5. The fraction of sp³-hybridized carbons (Fsp3) is 0.409. The van der Waals surface area contributed by atoms with Crippen molar-refractivity contribution in [2.75, 3.05) is 31.1 Å². The Kier molecular flexibility index (Phi) is 5.74. The summed E-state index contributed by atoms with van der Waals surface area (Å²) >= 11 is 0. The summed E-state index contributed by atoms with van der Waals surface area (Å²) in [6.45, 7) is 4.29. The molecule has 0 aliphatic carbocycles. The molecule has 2 aliphatic heterocycles. The van der Waals surface area contributed by atoms with Crippen LogP contribution in [0.15, 0.2) is 42.5 Å². The van der Waals surface area contributed by atoms with Crippen molar-refractivity contribution in [3.8, 4) is 11.5 Å². The van der Waals surface area contributed by atoms with Crippen molar-refractivity contribution in [2.45, 2.75) is 25.9 Å². The average molecular weight is 411 g/mol. The van der Waals surface area contributed by atoms with E-state index >= 15 is 0 Å². The molecule has 158 valence electrons. The maximum Gasteiger partial charge on any atom is 0.293 e. The van der Waals surface area contributed by atoms with Gasteiger partial charge in [0.05, 0.1) is 11.5 Å². The Balaban J connectivity index is 1.43. The van der Waals surface area contributed by atoms with Crippen LogP contribution in [0.2, 0.25) is 0 Å². The minimum atomic E-state index is -0.416. The van der Waals surface area contributed by atoms with Gasteiger partial charge in [0.2, 0.25) is 0 Å². The van der Waals surface area contributed by atoms with Crippen molar-refractivity contribution >= 4 is 17.3 Å². The van der Waals surface area contributed by atoms with Crippen LogP contribution in [-0.2, 0) is 0 Å². The number of amides is 1. The van der Waals surface area contributed by atoms with Gasteiger partial charge in [-0.05, 0) is 43.0 Å². The predicted octanol–water partition coefficient (Wildman–Crippen LogP) is 3.40. The molecule has 8 nitrogen and oxygen atoms in total. The molecule has 2 aromatic carbocycles. The van der Waals surface area contributed by atoms with E-state index in [-0.39, 0.29) is 29.8 Å². The first-order valence-electron chi connectivity index (χ1n) is 10.2. The highest BCUT2D eigenvalue weighted by molar-refractivity contribution is 5.95.